The number of aliphatic hydroxyl groups is 1. The first kappa shape index (κ1) is 13.9. The molecule has 1 aliphatic rings. The van der Waals surface area contributed by atoms with Crippen LogP contribution in [0.4, 0.5) is 0 Å². The Morgan fingerprint density at radius 3 is 2.95 bits per heavy atom. The molecule has 3 rings (SSSR count). The van der Waals surface area contributed by atoms with E-state index < -0.39 is 0 Å². The zero-order valence-corrected chi connectivity index (χ0v) is 12.3. The third-order valence-electron chi connectivity index (χ3n) is 3.54. The molecule has 0 amide bonds. The zero-order chi connectivity index (χ0) is 14.1. The molecule has 20 heavy (non-hydrogen) atoms. The van der Waals surface area contributed by atoms with Gasteiger partial charge in [-0.05, 0) is 25.1 Å². The number of benzene rings is 1. The van der Waals surface area contributed by atoms with Crippen LogP contribution in [0.25, 0.3) is 11.0 Å². The van der Waals surface area contributed by atoms with Gasteiger partial charge in [-0.2, -0.15) is 0 Å². The fourth-order valence-electron chi connectivity index (χ4n) is 2.43. The highest BCUT2D eigenvalue weighted by atomic mass is 35.5. The average Bonchev–Trinajstić information content (AvgIpc) is 2.99. The van der Waals surface area contributed by atoms with Gasteiger partial charge in [0.25, 0.3) is 0 Å². The van der Waals surface area contributed by atoms with Crippen LogP contribution in [-0.2, 0) is 6.54 Å². The molecule has 2 aromatic rings. The lowest BCUT2D eigenvalue weighted by atomic mass is 10.1. The van der Waals surface area contributed by atoms with Crippen molar-refractivity contribution in [3.63, 3.8) is 0 Å². The number of fused-ring (bicyclic) bond motifs is 1. The molecule has 6 heteroatoms. The summed E-state index contributed by atoms with van der Waals surface area (Å²) in [5, 5.41) is 14.0. The van der Waals surface area contributed by atoms with E-state index in [-0.39, 0.29) is 12.1 Å². The van der Waals surface area contributed by atoms with E-state index >= 15 is 0 Å². The van der Waals surface area contributed by atoms with Crippen molar-refractivity contribution in [3.8, 4) is 0 Å². The van der Waals surface area contributed by atoms with E-state index in [2.05, 4.69) is 10.3 Å². The quantitative estimate of drug-likeness (QED) is 0.857. The van der Waals surface area contributed by atoms with E-state index in [1.54, 1.807) is 12.4 Å². The van der Waals surface area contributed by atoms with Crippen molar-refractivity contribution < 1.29 is 5.11 Å². The Labute approximate surface area is 127 Å². The summed E-state index contributed by atoms with van der Waals surface area (Å²) in [6, 6.07) is 3.63. The molecule has 0 aliphatic carbocycles. The van der Waals surface area contributed by atoms with Gasteiger partial charge in [0.15, 0.2) is 0 Å². The minimum atomic E-state index is -0.293. The summed E-state index contributed by atoms with van der Waals surface area (Å²) in [6.45, 7) is 1.54. The Kier molecular flexibility index (Phi) is 3.98. The highest BCUT2D eigenvalue weighted by Crippen LogP contribution is 2.27. The molecule has 1 saturated heterocycles. The van der Waals surface area contributed by atoms with Crippen LogP contribution in [0.5, 0.6) is 0 Å². The summed E-state index contributed by atoms with van der Waals surface area (Å²) in [5.74, 6) is 0. The first-order chi connectivity index (χ1) is 9.65. The summed E-state index contributed by atoms with van der Waals surface area (Å²) in [5.41, 5.74) is 1.77. The van der Waals surface area contributed by atoms with E-state index in [9.17, 15) is 5.11 Å². The number of imidazole rings is 1. The minimum Gasteiger partial charge on any atom is -0.391 e. The van der Waals surface area contributed by atoms with Gasteiger partial charge in [0.2, 0.25) is 0 Å². The second-order valence-electron chi connectivity index (χ2n) is 4.92. The molecular weight excluding hydrogens is 297 g/mol. The fourth-order valence-corrected chi connectivity index (χ4v) is 2.75. The molecule has 2 N–H and O–H groups in total. The van der Waals surface area contributed by atoms with Crippen molar-refractivity contribution in [3.05, 3.63) is 40.7 Å². The molecule has 0 spiro atoms. The maximum absolute atomic E-state index is 9.72. The van der Waals surface area contributed by atoms with Crippen LogP contribution in [0, 0.1) is 0 Å². The zero-order valence-electron chi connectivity index (χ0n) is 10.8. The molecule has 0 saturated carbocycles. The van der Waals surface area contributed by atoms with E-state index in [1.807, 2.05) is 22.8 Å². The first-order valence-electron chi connectivity index (χ1n) is 6.53. The van der Waals surface area contributed by atoms with E-state index in [1.165, 1.54) is 0 Å². The van der Waals surface area contributed by atoms with Crippen molar-refractivity contribution >= 4 is 34.2 Å². The van der Waals surface area contributed by atoms with E-state index in [0.29, 0.717) is 16.6 Å². The number of halogens is 2. The molecule has 1 aromatic heterocycles. The Bertz CT molecular complexity index is 653. The van der Waals surface area contributed by atoms with Crippen LogP contribution < -0.4 is 5.32 Å². The van der Waals surface area contributed by atoms with Crippen LogP contribution in [-0.4, -0.2) is 33.3 Å². The summed E-state index contributed by atoms with van der Waals surface area (Å²) >= 11 is 12.0. The van der Waals surface area contributed by atoms with Gasteiger partial charge in [0.1, 0.15) is 0 Å². The number of aliphatic hydroxyl groups excluding tert-OH is 1. The topological polar surface area (TPSA) is 50.1 Å². The first-order valence-corrected chi connectivity index (χ1v) is 7.29. The van der Waals surface area contributed by atoms with Crippen molar-refractivity contribution in [1.29, 1.82) is 0 Å². The lowest BCUT2D eigenvalue weighted by Gasteiger charge is -2.09. The lowest BCUT2D eigenvalue weighted by molar-refractivity contribution is 0.175. The van der Waals surface area contributed by atoms with Crippen LogP contribution in [0.1, 0.15) is 6.42 Å². The second kappa shape index (κ2) is 5.74. The highest BCUT2D eigenvalue weighted by molar-refractivity contribution is 6.42. The van der Waals surface area contributed by atoms with E-state index in [4.69, 9.17) is 23.2 Å². The maximum atomic E-state index is 9.72. The summed E-state index contributed by atoms with van der Waals surface area (Å²) in [4.78, 5) is 4.31. The lowest BCUT2D eigenvalue weighted by Crippen LogP contribution is -2.27. The molecule has 0 unspecified atom stereocenters. The number of hydrogen-bond acceptors (Lipinski definition) is 3. The maximum Gasteiger partial charge on any atom is 0.0961 e. The normalized spacial score (nSPS) is 23.1. The molecule has 1 fully saturated rings. The van der Waals surface area contributed by atoms with Gasteiger partial charge in [0.05, 0.1) is 39.6 Å². The van der Waals surface area contributed by atoms with E-state index in [0.717, 1.165) is 24.0 Å². The van der Waals surface area contributed by atoms with Gasteiger partial charge in [-0.3, -0.25) is 0 Å². The standard InChI is InChI=1S/C14H15Cl2N3O/c15-9-6-12-13(7-10(9)16)19(8-18-12)5-1-2-11-14(20)3-4-17-11/h1-2,6-8,11,14,17,20H,3-5H2/b2-1+/t11-,14+/m1/s1. The minimum absolute atomic E-state index is 0.0443. The number of allylic oxidation sites excluding steroid dienone is 1. The van der Waals surface area contributed by atoms with Gasteiger partial charge in [-0.15, -0.1) is 0 Å². The molecule has 1 aliphatic heterocycles. The highest BCUT2D eigenvalue weighted by Gasteiger charge is 2.21. The van der Waals surface area contributed by atoms with Gasteiger partial charge in [-0.25, -0.2) is 4.98 Å². The summed E-state index contributed by atoms with van der Waals surface area (Å²) in [7, 11) is 0. The molecule has 0 radical (unpaired) electrons. The molecule has 106 valence electrons. The monoisotopic (exact) mass is 311 g/mol. The summed E-state index contributed by atoms with van der Waals surface area (Å²) in [6.07, 6.45) is 6.30. The number of aromatic nitrogens is 2. The van der Waals surface area contributed by atoms with Crippen LogP contribution in [0.3, 0.4) is 0 Å². The number of rotatable bonds is 3. The smallest absolute Gasteiger partial charge is 0.0961 e. The third-order valence-corrected chi connectivity index (χ3v) is 4.27. The molecule has 0 bridgehead atoms. The fraction of sp³-hybridized carbons (Fsp3) is 0.357. The molecule has 2 heterocycles. The van der Waals surface area contributed by atoms with Gasteiger partial charge >= 0.3 is 0 Å². The third kappa shape index (κ3) is 2.69. The van der Waals surface area contributed by atoms with Crippen LogP contribution >= 0.6 is 23.2 Å². The Morgan fingerprint density at radius 2 is 2.20 bits per heavy atom. The van der Waals surface area contributed by atoms with Crippen LogP contribution in [0.15, 0.2) is 30.6 Å². The van der Waals surface area contributed by atoms with Crippen molar-refractivity contribution in [2.24, 2.45) is 0 Å². The largest absolute Gasteiger partial charge is 0.391 e. The molecular formula is C14H15Cl2N3O. The van der Waals surface area contributed by atoms with Gasteiger partial charge < -0.3 is 15.0 Å². The number of hydrogen-bond donors (Lipinski definition) is 2. The van der Waals surface area contributed by atoms with Gasteiger partial charge in [-0.1, -0.05) is 35.4 Å². The predicted octanol–water partition coefficient (Wildman–Crippen LogP) is 2.62. The van der Waals surface area contributed by atoms with Crippen molar-refractivity contribution in [2.45, 2.75) is 25.1 Å². The van der Waals surface area contributed by atoms with Gasteiger partial charge in [0, 0.05) is 6.54 Å². The van der Waals surface area contributed by atoms with Crippen LogP contribution in [0.2, 0.25) is 10.0 Å². The predicted molar refractivity (Wildman–Crippen MR) is 81.3 cm³/mol. The molecule has 1 aromatic carbocycles. The Morgan fingerprint density at radius 1 is 1.40 bits per heavy atom. The van der Waals surface area contributed by atoms with Crippen molar-refractivity contribution in [2.75, 3.05) is 6.54 Å². The molecule has 2 atom stereocenters. The second-order valence-corrected chi connectivity index (χ2v) is 5.73. The number of nitrogens with one attached hydrogen (secondary N) is 1. The van der Waals surface area contributed by atoms with Crippen molar-refractivity contribution in [1.82, 2.24) is 14.9 Å². The molecule has 4 nitrogen and oxygen atoms in total. The Balaban J connectivity index is 1.77. The Hall–Kier alpha value is -1.07. The SMILES string of the molecule is O[C@H]1CCN[C@@H]1/C=C/Cn1cnc2cc(Cl)c(Cl)cc21. The number of nitrogens with zero attached hydrogens (tertiary/aromatic N) is 2. The summed E-state index contributed by atoms with van der Waals surface area (Å²) < 4.78 is 2.00. The average molecular weight is 312 g/mol.